The van der Waals surface area contributed by atoms with Crippen molar-refractivity contribution in [3.05, 3.63) is 66.4 Å². The maximum atomic E-state index is 5.70. The quantitative estimate of drug-likeness (QED) is 0.790. The van der Waals surface area contributed by atoms with Crippen LogP contribution in [0.2, 0.25) is 0 Å². The molecule has 0 bridgehead atoms. The molecule has 2 aromatic carbocycles. The standard InChI is InChI=1S/C17H15N3O/c1-12-11-16(20-17(18)19-12)21-15-9-7-14(8-10-15)13-5-3-2-4-6-13/h2-11H,1H3,(H2,18,19,20). The highest BCUT2D eigenvalue weighted by Gasteiger charge is 2.03. The zero-order valence-electron chi connectivity index (χ0n) is 11.7. The van der Waals surface area contributed by atoms with Crippen LogP contribution in [-0.4, -0.2) is 9.97 Å². The van der Waals surface area contributed by atoms with Gasteiger partial charge in [0.25, 0.3) is 0 Å². The lowest BCUT2D eigenvalue weighted by atomic mass is 10.1. The molecule has 0 radical (unpaired) electrons. The van der Waals surface area contributed by atoms with E-state index in [0.29, 0.717) is 11.6 Å². The Morgan fingerprint density at radius 2 is 1.52 bits per heavy atom. The van der Waals surface area contributed by atoms with Crippen molar-refractivity contribution >= 4 is 5.95 Å². The van der Waals surface area contributed by atoms with Gasteiger partial charge in [0.1, 0.15) is 5.75 Å². The Hall–Kier alpha value is -2.88. The van der Waals surface area contributed by atoms with E-state index >= 15 is 0 Å². The number of hydrogen-bond acceptors (Lipinski definition) is 4. The van der Waals surface area contributed by atoms with Gasteiger partial charge in [-0.05, 0) is 30.2 Å². The molecule has 0 saturated heterocycles. The summed E-state index contributed by atoms with van der Waals surface area (Å²) in [7, 11) is 0. The number of aromatic nitrogens is 2. The van der Waals surface area contributed by atoms with Crippen molar-refractivity contribution < 1.29 is 4.74 Å². The number of nitrogens with zero attached hydrogens (tertiary/aromatic N) is 2. The normalized spacial score (nSPS) is 10.3. The molecule has 0 aliphatic rings. The van der Waals surface area contributed by atoms with Gasteiger partial charge in [-0.15, -0.1) is 0 Å². The fourth-order valence-electron chi connectivity index (χ4n) is 2.08. The summed E-state index contributed by atoms with van der Waals surface area (Å²) < 4.78 is 5.70. The molecule has 4 heteroatoms. The van der Waals surface area contributed by atoms with E-state index in [0.717, 1.165) is 11.3 Å². The van der Waals surface area contributed by atoms with Crippen LogP contribution in [0.25, 0.3) is 11.1 Å². The second kappa shape index (κ2) is 5.63. The number of rotatable bonds is 3. The van der Waals surface area contributed by atoms with E-state index in [4.69, 9.17) is 10.5 Å². The third-order valence-corrected chi connectivity index (χ3v) is 3.03. The number of benzene rings is 2. The number of nitrogens with two attached hydrogens (primary N) is 1. The van der Waals surface area contributed by atoms with Crippen LogP contribution in [0.5, 0.6) is 11.6 Å². The summed E-state index contributed by atoms with van der Waals surface area (Å²) in [6.45, 7) is 1.85. The molecule has 3 aromatic rings. The second-order valence-corrected chi connectivity index (χ2v) is 4.70. The van der Waals surface area contributed by atoms with Crippen LogP contribution in [-0.2, 0) is 0 Å². The van der Waals surface area contributed by atoms with Crippen molar-refractivity contribution in [1.82, 2.24) is 9.97 Å². The van der Waals surface area contributed by atoms with E-state index in [1.54, 1.807) is 6.07 Å². The van der Waals surface area contributed by atoms with Gasteiger partial charge in [0, 0.05) is 11.8 Å². The van der Waals surface area contributed by atoms with Crippen LogP contribution in [0, 0.1) is 6.92 Å². The molecule has 0 saturated carbocycles. The number of hydrogen-bond donors (Lipinski definition) is 1. The monoisotopic (exact) mass is 277 g/mol. The maximum absolute atomic E-state index is 5.70. The minimum atomic E-state index is 0.214. The van der Waals surface area contributed by atoms with Gasteiger partial charge >= 0.3 is 0 Å². The summed E-state index contributed by atoms with van der Waals surface area (Å²) >= 11 is 0. The van der Waals surface area contributed by atoms with Gasteiger partial charge in [0.15, 0.2) is 0 Å². The maximum Gasteiger partial charge on any atom is 0.224 e. The van der Waals surface area contributed by atoms with Gasteiger partial charge in [-0.3, -0.25) is 0 Å². The molecule has 2 N–H and O–H groups in total. The smallest absolute Gasteiger partial charge is 0.224 e. The van der Waals surface area contributed by atoms with Gasteiger partial charge in [0.05, 0.1) is 0 Å². The van der Waals surface area contributed by atoms with Gasteiger partial charge in [-0.25, -0.2) is 4.98 Å². The van der Waals surface area contributed by atoms with E-state index in [2.05, 4.69) is 22.1 Å². The average Bonchev–Trinajstić information content (AvgIpc) is 2.48. The van der Waals surface area contributed by atoms with Crippen molar-refractivity contribution in [3.63, 3.8) is 0 Å². The zero-order valence-corrected chi connectivity index (χ0v) is 11.7. The van der Waals surface area contributed by atoms with Crippen molar-refractivity contribution in [2.24, 2.45) is 0 Å². The molecule has 3 rings (SSSR count). The molecule has 0 aliphatic heterocycles. The fourth-order valence-corrected chi connectivity index (χ4v) is 2.08. The Balaban J connectivity index is 1.81. The van der Waals surface area contributed by atoms with Crippen LogP contribution in [0.3, 0.4) is 0 Å². The highest BCUT2D eigenvalue weighted by Crippen LogP contribution is 2.25. The molecule has 0 spiro atoms. The van der Waals surface area contributed by atoms with E-state index < -0.39 is 0 Å². The van der Waals surface area contributed by atoms with Gasteiger partial charge < -0.3 is 10.5 Å². The first-order valence-corrected chi connectivity index (χ1v) is 6.65. The van der Waals surface area contributed by atoms with E-state index in [9.17, 15) is 0 Å². The largest absolute Gasteiger partial charge is 0.439 e. The lowest BCUT2D eigenvalue weighted by molar-refractivity contribution is 0.462. The van der Waals surface area contributed by atoms with Crippen LogP contribution < -0.4 is 10.5 Å². The van der Waals surface area contributed by atoms with E-state index in [-0.39, 0.29) is 5.95 Å². The molecule has 4 nitrogen and oxygen atoms in total. The fraction of sp³-hybridized carbons (Fsp3) is 0.0588. The lowest BCUT2D eigenvalue weighted by Gasteiger charge is -2.07. The molecular weight excluding hydrogens is 262 g/mol. The van der Waals surface area contributed by atoms with Crippen LogP contribution in [0.15, 0.2) is 60.7 Å². The predicted octanol–water partition coefficient (Wildman–Crippen LogP) is 3.83. The number of aryl methyl sites for hydroxylation is 1. The molecule has 0 amide bonds. The van der Waals surface area contributed by atoms with Gasteiger partial charge in [-0.1, -0.05) is 42.5 Å². The third kappa shape index (κ3) is 3.17. The molecule has 1 aromatic heterocycles. The first-order chi connectivity index (χ1) is 10.2. The molecule has 0 aliphatic carbocycles. The van der Waals surface area contributed by atoms with Crippen molar-refractivity contribution in [2.75, 3.05) is 5.73 Å². The van der Waals surface area contributed by atoms with Gasteiger partial charge in [0.2, 0.25) is 11.8 Å². The van der Waals surface area contributed by atoms with Crippen LogP contribution >= 0.6 is 0 Å². The number of nitrogen functional groups attached to an aromatic ring is 1. The summed E-state index contributed by atoms with van der Waals surface area (Å²) in [6, 6.07) is 19.8. The summed E-state index contributed by atoms with van der Waals surface area (Å²) in [6.07, 6.45) is 0. The van der Waals surface area contributed by atoms with E-state index in [1.807, 2.05) is 49.4 Å². The highest BCUT2D eigenvalue weighted by molar-refractivity contribution is 5.64. The van der Waals surface area contributed by atoms with Crippen LogP contribution in [0.1, 0.15) is 5.69 Å². The number of ether oxygens (including phenoxy) is 1. The Bertz CT molecular complexity index is 719. The zero-order chi connectivity index (χ0) is 14.7. The molecular formula is C17H15N3O. The molecule has 0 unspecified atom stereocenters. The predicted molar refractivity (Wildman–Crippen MR) is 83.1 cm³/mol. The minimum absolute atomic E-state index is 0.214. The molecule has 0 atom stereocenters. The third-order valence-electron chi connectivity index (χ3n) is 3.03. The van der Waals surface area contributed by atoms with E-state index in [1.165, 1.54) is 5.56 Å². The SMILES string of the molecule is Cc1cc(Oc2ccc(-c3ccccc3)cc2)nc(N)n1. The molecule has 21 heavy (non-hydrogen) atoms. The van der Waals surface area contributed by atoms with Crippen molar-refractivity contribution in [2.45, 2.75) is 6.92 Å². The molecule has 0 fully saturated rings. The Labute approximate surface area is 123 Å². The summed E-state index contributed by atoms with van der Waals surface area (Å²) in [5.74, 6) is 1.38. The average molecular weight is 277 g/mol. The Morgan fingerprint density at radius 1 is 0.857 bits per heavy atom. The molecule has 1 heterocycles. The first-order valence-electron chi connectivity index (χ1n) is 6.65. The summed E-state index contributed by atoms with van der Waals surface area (Å²) in [5.41, 5.74) is 8.70. The van der Waals surface area contributed by atoms with Crippen molar-refractivity contribution in [3.8, 4) is 22.8 Å². The number of anilines is 1. The van der Waals surface area contributed by atoms with Crippen molar-refractivity contribution in [1.29, 1.82) is 0 Å². The topological polar surface area (TPSA) is 61.0 Å². The Kier molecular flexibility index (Phi) is 3.51. The highest BCUT2D eigenvalue weighted by atomic mass is 16.5. The summed E-state index contributed by atoms with van der Waals surface area (Å²) in [5, 5.41) is 0. The molecule has 104 valence electrons. The first kappa shape index (κ1) is 13.1. The van der Waals surface area contributed by atoms with Gasteiger partial charge in [-0.2, -0.15) is 4.98 Å². The Morgan fingerprint density at radius 3 is 2.19 bits per heavy atom. The minimum Gasteiger partial charge on any atom is -0.439 e. The van der Waals surface area contributed by atoms with Crippen LogP contribution in [0.4, 0.5) is 5.95 Å². The lowest BCUT2D eigenvalue weighted by Crippen LogP contribution is -1.98. The second-order valence-electron chi connectivity index (χ2n) is 4.70. The summed E-state index contributed by atoms with van der Waals surface area (Å²) in [4.78, 5) is 8.07.